The average molecular weight is 276 g/mol. The fourth-order valence-corrected chi connectivity index (χ4v) is 2.01. The molecule has 0 spiro atoms. The van der Waals surface area contributed by atoms with E-state index in [1.807, 2.05) is 36.6 Å². The van der Waals surface area contributed by atoms with E-state index in [1.165, 1.54) is 0 Å². The van der Waals surface area contributed by atoms with E-state index in [0.717, 1.165) is 21.5 Å². The maximum absolute atomic E-state index is 9.14. The molecule has 1 aromatic carbocycles. The second kappa shape index (κ2) is 4.11. The highest BCUT2D eigenvalue weighted by Gasteiger charge is 2.10. The summed E-state index contributed by atoms with van der Waals surface area (Å²) in [5, 5.41) is 9.14. The van der Waals surface area contributed by atoms with Gasteiger partial charge in [0.15, 0.2) is 0 Å². The Hall–Kier alpha value is -1.60. The van der Waals surface area contributed by atoms with Gasteiger partial charge in [-0.05, 0) is 41.9 Å². The topological polar surface area (TPSA) is 41.6 Å². The van der Waals surface area contributed by atoms with Crippen molar-refractivity contribution in [1.29, 1.82) is 5.26 Å². The molecule has 0 N–H and O–H groups in total. The first kappa shape index (κ1) is 10.9. The molecular weight excluding hydrogens is 266 g/mol. The lowest BCUT2D eigenvalue weighted by Crippen LogP contribution is -1.99. The Bertz CT molecular complexity index is 578. The van der Waals surface area contributed by atoms with Gasteiger partial charge >= 0.3 is 0 Å². The van der Waals surface area contributed by atoms with Crippen LogP contribution in [-0.4, -0.2) is 9.55 Å². The molecule has 0 saturated carbocycles. The van der Waals surface area contributed by atoms with Crippen molar-refractivity contribution in [3.63, 3.8) is 0 Å². The molecule has 0 bridgehead atoms. The molecule has 0 radical (unpaired) electrons. The maximum Gasteiger partial charge on any atom is 0.103 e. The fourth-order valence-electron chi connectivity index (χ4n) is 1.57. The lowest BCUT2D eigenvalue weighted by Gasteiger charge is -2.08. The Morgan fingerprint density at radius 1 is 1.38 bits per heavy atom. The minimum Gasteiger partial charge on any atom is -0.302 e. The Morgan fingerprint density at radius 2 is 2.12 bits per heavy atom. The van der Waals surface area contributed by atoms with Gasteiger partial charge in [-0.1, -0.05) is 6.07 Å². The van der Waals surface area contributed by atoms with Crippen molar-refractivity contribution < 1.29 is 0 Å². The molecule has 80 valence electrons. The predicted octanol–water partition coefficient (Wildman–Crippen LogP) is 3.12. The summed E-state index contributed by atoms with van der Waals surface area (Å²) in [6.07, 6.45) is 1.74. The number of aromatic nitrogens is 2. The summed E-state index contributed by atoms with van der Waals surface area (Å²) in [7, 11) is 0. The fraction of sp³-hybridized carbons (Fsp3) is 0.167. The van der Waals surface area contributed by atoms with Crippen LogP contribution in [0, 0.1) is 25.2 Å². The van der Waals surface area contributed by atoms with Crippen LogP contribution >= 0.6 is 15.9 Å². The van der Waals surface area contributed by atoms with Gasteiger partial charge in [0.1, 0.15) is 6.07 Å². The van der Waals surface area contributed by atoms with Crippen molar-refractivity contribution in [2.45, 2.75) is 13.8 Å². The number of nitriles is 1. The molecule has 0 unspecified atom stereocenters. The summed E-state index contributed by atoms with van der Waals surface area (Å²) in [5.74, 6) is 0. The van der Waals surface area contributed by atoms with Crippen LogP contribution in [0.4, 0.5) is 0 Å². The molecule has 0 aliphatic heterocycles. The van der Waals surface area contributed by atoms with Gasteiger partial charge in [0, 0.05) is 10.2 Å². The number of hydrogen-bond donors (Lipinski definition) is 0. The number of imidazole rings is 1. The SMILES string of the molecule is Cc1ncn(-c2cccc(Br)c2C#N)c1C. The molecule has 0 fully saturated rings. The Kier molecular flexibility index (Phi) is 2.80. The van der Waals surface area contributed by atoms with Crippen LogP contribution in [-0.2, 0) is 0 Å². The van der Waals surface area contributed by atoms with Gasteiger partial charge in [-0.2, -0.15) is 5.26 Å². The first-order valence-electron chi connectivity index (χ1n) is 4.84. The molecule has 3 nitrogen and oxygen atoms in total. The normalized spacial score (nSPS) is 10.1. The molecule has 1 aromatic heterocycles. The van der Waals surface area contributed by atoms with E-state index < -0.39 is 0 Å². The Balaban J connectivity index is 2.70. The summed E-state index contributed by atoms with van der Waals surface area (Å²) in [6, 6.07) is 7.89. The Labute approximate surface area is 102 Å². The summed E-state index contributed by atoms with van der Waals surface area (Å²) in [6.45, 7) is 3.94. The van der Waals surface area contributed by atoms with Gasteiger partial charge in [0.05, 0.1) is 23.3 Å². The van der Waals surface area contributed by atoms with Crippen LogP contribution < -0.4 is 0 Å². The number of hydrogen-bond acceptors (Lipinski definition) is 2. The summed E-state index contributed by atoms with van der Waals surface area (Å²) < 4.78 is 2.73. The summed E-state index contributed by atoms with van der Waals surface area (Å²) >= 11 is 3.38. The van der Waals surface area contributed by atoms with Crippen LogP contribution in [0.3, 0.4) is 0 Å². The third-order valence-corrected chi connectivity index (χ3v) is 3.28. The van der Waals surface area contributed by atoms with E-state index >= 15 is 0 Å². The van der Waals surface area contributed by atoms with E-state index in [4.69, 9.17) is 5.26 Å². The molecule has 0 amide bonds. The van der Waals surface area contributed by atoms with Crippen molar-refractivity contribution in [3.05, 3.63) is 46.0 Å². The minimum atomic E-state index is 0.628. The molecule has 4 heteroatoms. The number of aryl methyl sites for hydroxylation is 1. The molecule has 0 saturated heterocycles. The lowest BCUT2D eigenvalue weighted by atomic mass is 10.2. The lowest BCUT2D eigenvalue weighted by molar-refractivity contribution is 0.994. The monoisotopic (exact) mass is 275 g/mol. The first-order valence-corrected chi connectivity index (χ1v) is 5.64. The molecule has 0 aliphatic rings. The second-order valence-electron chi connectivity index (χ2n) is 3.53. The first-order chi connectivity index (χ1) is 7.65. The van der Waals surface area contributed by atoms with Gasteiger partial charge in [0.2, 0.25) is 0 Å². The number of nitrogens with zero attached hydrogens (tertiary/aromatic N) is 3. The van der Waals surface area contributed by atoms with Crippen molar-refractivity contribution in [2.75, 3.05) is 0 Å². The molecule has 0 atom stereocenters. The number of benzene rings is 1. The quantitative estimate of drug-likeness (QED) is 0.803. The van der Waals surface area contributed by atoms with Crippen LogP contribution in [0.5, 0.6) is 0 Å². The predicted molar refractivity (Wildman–Crippen MR) is 65.5 cm³/mol. The number of halogens is 1. The van der Waals surface area contributed by atoms with Gasteiger partial charge in [0.25, 0.3) is 0 Å². The van der Waals surface area contributed by atoms with E-state index in [1.54, 1.807) is 6.33 Å². The smallest absolute Gasteiger partial charge is 0.103 e. The van der Waals surface area contributed by atoms with Crippen molar-refractivity contribution in [3.8, 4) is 11.8 Å². The van der Waals surface area contributed by atoms with Crippen LogP contribution in [0.2, 0.25) is 0 Å². The van der Waals surface area contributed by atoms with E-state index in [2.05, 4.69) is 27.0 Å². The standard InChI is InChI=1S/C12H10BrN3/c1-8-9(2)16(7-15-8)12-5-3-4-11(13)10(12)6-14/h3-5,7H,1-2H3. The third-order valence-electron chi connectivity index (χ3n) is 2.61. The highest BCUT2D eigenvalue weighted by atomic mass is 79.9. The summed E-state index contributed by atoms with van der Waals surface area (Å²) in [4.78, 5) is 4.24. The zero-order valence-electron chi connectivity index (χ0n) is 9.03. The highest BCUT2D eigenvalue weighted by molar-refractivity contribution is 9.10. The molecular formula is C12H10BrN3. The van der Waals surface area contributed by atoms with E-state index in [-0.39, 0.29) is 0 Å². The van der Waals surface area contributed by atoms with Crippen molar-refractivity contribution in [1.82, 2.24) is 9.55 Å². The van der Waals surface area contributed by atoms with Gasteiger partial charge in [-0.3, -0.25) is 0 Å². The average Bonchev–Trinajstić information content (AvgIpc) is 2.59. The van der Waals surface area contributed by atoms with Gasteiger partial charge in [-0.15, -0.1) is 0 Å². The van der Waals surface area contributed by atoms with E-state index in [9.17, 15) is 0 Å². The van der Waals surface area contributed by atoms with Crippen LogP contribution in [0.15, 0.2) is 29.0 Å². The third kappa shape index (κ3) is 1.63. The van der Waals surface area contributed by atoms with Crippen LogP contribution in [0.1, 0.15) is 17.0 Å². The van der Waals surface area contributed by atoms with Crippen molar-refractivity contribution >= 4 is 15.9 Å². The van der Waals surface area contributed by atoms with Gasteiger partial charge in [-0.25, -0.2) is 4.98 Å². The molecule has 1 heterocycles. The van der Waals surface area contributed by atoms with Crippen molar-refractivity contribution in [2.24, 2.45) is 0 Å². The van der Waals surface area contributed by atoms with E-state index in [0.29, 0.717) is 5.56 Å². The molecule has 16 heavy (non-hydrogen) atoms. The second-order valence-corrected chi connectivity index (χ2v) is 4.39. The minimum absolute atomic E-state index is 0.628. The zero-order chi connectivity index (χ0) is 11.7. The highest BCUT2D eigenvalue weighted by Crippen LogP contribution is 2.24. The molecule has 0 aliphatic carbocycles. The summed E-state index contributed by atoms with van der Waals surface area (Å²) in [5.41, 5.74) is 3.51. The Morgan fingerprint density at radius 3 is 2.69 bits per heavy atom. The molecule has 2 aromatic rings. The van der Waals surface area contributed by atoms with Crippen LogP contribution in [0.25, 0.3) is 5.69 Å². The van der Waals surface area contributed by atoms with Gasteiger partial charge < -0.3 is 4.57 Å². The zero-order valence-corrected chi connectivity index (χ0v) is 10.6. The largest absolute Gasteiger partial charge is 0.302 e. The number of rotatable bonds is 1. The molecule has 2 rings (SSSR count). The maximum atomic E-state index is 9.14.